The number of carboxylic acid groups (broad SMARTS) is 1. The number of aliphatic carboxylic acids is 1. The zero-order valence-corrected chi connectivity index (χ0v) is 12.5. The molecule has 0 aliphatic rings. The molecule has 1 aromatic carbocycles. The number of carbonyl (C=O) groups is 2. The molecule has 116 valence electrons. The number of nitrogens with two attached hydrogens (primary N) is 1. The van der Waals surface area contributed by atoms with Gasteiger partial charge in [-0.25, -0.2) is 4.79 Å². The van der Waals surface area contributed by atoms with Crippen LogP contribution in [0, 0.1) is 0 Å². The van der Waals surface area contributed by atoms with Crippen molar-refractivity contribution in [3.8, 4) is 5.75 Å². The Hall–Kier alpha value is -2.28. The fraction of sp³-hybridized carbons (Fsp3) is 0.429. The van der Waals surface area contributed by atoms with Crippen LogP contribution >= 0.6 is 0 Å². The van der Waals surface area contributed by atoms with Crippen molar-refractivity contribution < 1.29 is 24.2 Å². The maximum Gasteiger partial charge on any atom is 0.412 e. The van der Waals surface area contributed by atoms with Gasteiger partial charge in [0.1, 0.15) is 17.4 Å². The van der Waals surface area contributed by atoms with E-state index in [2.05, 4.69) is 5.32 Å². The molecule has 0 bridgehead atoms. The summed E-state index contributed by atoms with van der Waals surface area (Å²) < 4.78 is 10.3. The van der Waals surface area contributed by atoms with E-state index in [1.54, 1.807) is 20.8 Å². The van der Waals surface area contributed by atoms with Crippen molar-refractivity contribution in [2.24, 2.45) is 5.73 Å². The van der Waals surface area contributed by atoms with Gasteiger partial charge in [-0.05, 0) is 38.5 Å². The highest BCUT2D eigenvalue weighted by Crippen LogP contribution is 2.28. The number of benzene rings is 1. The molecule has 7 nitrogen and oxygen atoms in total. The van der Waals surface area contributed by atoms with Crippen LogP contribution in [0.25, 0.3) is 0 Å². The molecule has 0 heterocycles. The molecule has 0 saturated carbocycles. The lowest BCUT2D eigenvalue weighted by atomic mass is 10.1. The first-order valence-corrected chi connectivity index (χ1v) is 6.30. The quantitative estimate of drug-likeness (QED) is 0.785. The molecular formula is C14H20N2O5. The number of carbonyl (C=O) groups excluding carboxylic acids is 1. The Morgan fingerprint density at radius 1 is 1.33 bits per heavy atom. The first kappa shape index (κ1) is 16.8. The van der Waals surface area contributed by atoms with E-state index in [1.807, 2.05) is 0 Å². The van der Waals surface area contributed by atoms with E-state index in [0.717, 1.165) is 0 Å². The van der Waals surface area contributed by atoms with Gasteiger partial charge in [0.15, 0.2) is 0 Å². The standard InChI is InChI=1S/C14H20N2O5/c1-14(2,3)21-13(19)16-9-6-5-8(7-10(9)20-4)11(15)12(17)18/h5-7,11H,15H2,1-4H3,(H,16,19)(H,17,18). The number of anilines is 1. The lowest BCUT2D eigenvalue weighted by Gasteiger charge is -2.20. The van der Waals surface area contributed by atoms with Crippen LogP contribution in [0.4, 0.5) is 10.5 Å². The molecule has 1 aromatic rings. The molecule has 7 heteroatoms. The fourth-order valence-corrected chi connectivity index (χ4v) is 1.56. The predicted octanol–water partition coefficient (Wildman–Crippen LogP) is 2.13. The smallest absolute Gasteiger partial charge is 0.412 e. The molecule has 1 unspecified atom stereocenters. The second-order valence-electron chi connectivity index (χ2n) is 5.40. The van der Waals surface area contributed by atoms with Crippen molar-refractivity contribution in [1.29, 1.82) is 0 Å². The van der Waals surface area contributed by atoms with Crippen LogP contribution in [0.1, 0.15) is 32.4 Å². The Balaban J connectivity index is 2.94. The van der Waals surface area contributed by atoms with Crippen LogP contribution in [0.5, 0.6) is 5.75 Å². The molecule has 0 radical (unpaired) electrons. The van der Waals surface area contributed by atoms with Crippen molar-refractivity contribution in [1.82, 2.24) is 0 Å². The minimum Gasteiger partial charge on any atom is -0.495 e. The second-order valence-corrected chi connectivity index (χ2v) is 5.40. The van der Waals surface area contributed by atoms with Crippen LogP contribution < -0.4 is 15.8 Å². The van der Waals surface area contributed by atoms with E-state index in [0.29, 0.717) is 17.0 Å². The second kappa shape index (κ2) is 6.45. The molecule has 1 amide bonds. The first-order chi connectivity index (χ1) is 9.64. The van der Waals surface area contributed by atoms with Crippen molar-refractivity contribution >= 4 is 17.7 Å². The Labute approximate surface area is 123 Å². The maximum absolute atomic E-state index is 11.7. The van der Waals surface area contributed by atoms with E-state index >= 15 is 0 Å². The first-order valence-electron chi connectivity index (χ1n) is 6.30. The molecule has 4 N–H and O–H groups in total. The van der Waals surface area contributed by atoms with E-state index < -0.39 is 23.7 Å². The molecule has 1 atom stereocenters. The van der Waals surface area contributed by atoms with Crippen molar-refractivity contribution in [3.05, 3.63) is 23.8 Å². The lowest BCUT2D eigenvalue weighted by Crippen LogP contribution is -2.27. The van der Waals surface area contributed by atoms with E-state index in [1.165, 1.54) is 25.3 Å². The molecule has 0 aromatic heterocycles. The Kier molecular flexibility index (Phi) is 5.15. The van der Waals surface area contributed by atoms with E-state index in [9.17, 15) is 9.59 Å². The summed E-state index contributed by atoms with van der Waals surface area (Å²) in [5.74, 6) is -0.847. The third-order valence-electron chi connectivity index (χ3n) is 2.49. The van der Waals surface area contributed by atoms with Gasteiger partial charge in [0, 0.05) is 0 Å². The monoisotopic (exact) mass is 296 g/mol. The average Bonchev–Trinajstić information content (AvgIpc) is 2.35. The number of amides is 1. The van der Waals surface area contributed by atoms with E-state index in [-0.39, 0.29) is 0 Å². The number of carboxylic acids is 1. The van der Waals surface area contributed by atoms with Gasteiger partial charge in [-0.15, -0.1) is 0 Å². The summed E-state index contributed by atoms with van der Waals surface area (Å²) in [6.45, 7) is 5.25. The van der Waals surface area contributed by atoms with Crippen molar-refractivity contribution in [3.63, 3.8) is 0 Å². The van der Waals surface area contributed by atoms with Crippen molar-refractivity contribution in [2.45, 2.75) is 32.4 Å². The summed E-state index contributed by atoms with van der Waals surface area (Å²) in [7, 11) is 1.41. The summed E-state index contributed by atoms with van der Waals surface area (Å²) in [4.78, 5) is 22.6. The van der Waals surface area contributed by atoms with Gasteiger partial charge in [0.2, 0.25) is 0 Å². The normalized spacial score (nSPS) is 12.4. The number of ether oxygens (including phenoxy) is 2. The lowest BCUT2D eigenvalue weighted by molar-refractivity contribution is -0.138. The predicted molar refractivity (Wildman–Crippen MR) is 77.4 cm³/mol. The molecule has 0 saturated heterocycles. The minimum absolute atomic E-state index is 0.301. The van der Waals surface area contributed by atoms with Gasteiger partial charge in [-0.1, -0.05) is 6.07 Å². The zero-order chi connectivity index (χ0) is 16.2. The summed E-state index contributed by atoms with van der Waals surface area (Å²) >= 11 is 0. The Morgan fingerprint density at radius 3 is 2.43 bits per heavy atom. The van der Waals surface area contributed by atoms with Gasteiger partial charge < -0.3 is 20.3 Å². The summed E-state index contributed by atoms with van der Waals surface area (Å²) in [6.07, 6.45) is -0.629. The molecule has 0 spiro atoms. The van der Waals surface area contributed by atoms with Crippen LogP contribution in [0.15, 0.2) is 18.2 Å². The maximum atomic E-state index is 11.7. The highest BCUT2D eigenvalue weighted by atomic mass is 16.6. The molecular weight excluding hydrogens is 276 g/mol. The summed E-state index contributed by atoms with van der Waals surface area (Å²) in [5.41, 5.74) is 5.64. The highest BCUT2D eigenvalue weighted by molar-refractivity contribution is 5.87. The van der Waals surface area contributed by atoms with Gasteiger partial charge in [0.25, 0.3) is 0 Å². The van der Waals surface area contributed by atoms with Gasteiger partial charge >= 0.3 is 12.1 Å². The third-order valence-corrected chi connectivity index (χ3v) is 2.49. The Bertz CT molecular complexity index is 537. The number of nitrogens with one attached hydrogen (secondary N) is 1. The SMILES string of the molecule is COc1cc(C(N)C(=O)O)ccc1NC(=O)OC(C)(C)C. The minimum atomic E-state index is -1.16. The average molecular weight is 296 g/mol. The van der Waals surface area contributed by atoms with Crippen molar-refractivity contribution in [2.75, 3.05) is 12.4 Å². The van der Waals surface area contributed by atoms with Crippen LogP contribution in [0.2, 0.25) is 0 Å². The third kappa shape index (κ3) is 4.96. The van der Waals surface area contributed by atoms with Gasteiger partial charge in [0.05, 0.1) is 12.8 Å². The molecule has 0 aliphatic carbocycles. The van der Waals surface area contributed by atoms with Gasteiger partial charge in [-0.2, -0.15) is 0 Å². The topological polar surface area (TPSA) is 111 Å². The largest absolute Gasteiger partial charge is 0.495 e. The number of methoxy groups -OCH3 is 1. The zero-order valence-electron chi connectivity index (χ0n) is 12.5. The van der Waals surface area contributed by atoms with Crippen LogP contribution in [-0.4, -0.2) is 29.9 Å². The Morgan fingerprint density at radius 2 is 1.95 bits per heavy atom. The van der Waals surface area contributed by atoms with Crippen LogP contribution in [0.3, 0.4) is 0 Å². The summed E-state index contributed by atoms with van der Waals surface area (Å²) in [6, 6.07) is 3.33. The molecule has 1 rings (SSSR count). The highest BCUT2D eigenvalue weighted by Gasteiger charge is 2.19. The number of rotatable bonds is 4. The summed E-state index contributed by atoms with van der Waals surface area (Å²) in [5, 5.41) is 11.4. The molecule has 0 aliphatic heterocycles. The number of hydrogen-bond acceptors (Lipinski definition) is 5. The van der Waals surface area contributed by atoms with Gasteiger partial charge in [-0.3, -0.25) is 10.1 Å². The fourth-order valence-electron chi connectivity index (χ4n) is 1.56. The van der Waals surface area contributed by atoms with Crippen LogP contribution in [-0.2, 0) is 9.53 Å². The molecule has 21 heavy (non-hydrogen) atoms. The molecule has 0 fully saturated rings. The van der Waals surface area contributed by atoms with E-state index in [4.69, 9.17) is 20.3 Å². The number of hydrogen-bond donors (Lipinski definition) is 3.